The summed E-state index contributed by atoms with van der Waals surface area (Å²) in [6, 6.07) is 0. The third-order valence-electron chi connectivity index (χ3n) is 2.19. The smallest absolute Gasteiger partial charge is 0.330 e. The van der Waals surface area contributed by atoms with Gasteiger partial charge in [-0.15, -0.1) is 0 Å². The van der Waals surface area contributed by atoms with Crippen molar-refractivity contribution < 1.29 is 9.53 Å². The third kappa shape index (κ3) is 11.1. The lowest BCUT2D eigenvalue weighted by Gasteiger charge is -2.02. The fourth-order valence-electron chi connectivity index (χ4n) is 1.34. The summed E-state index contributed by atoms with van der Waals surface area (Å²) in [7, 11) is 0. The Bertz CT molecular complexity index is 173. The van der Waals surface area contributed by atoms with Gasteiger partial charge in [0.25, 0.3) is 0 Å². The van der Waals surface area contributed by atoms with Crippen molar-refractivity contribution in [3.63, 3.8) is 0 Å². The van der Waals surface area contributed by atoms with Gasteiger partial charge in [0.15, 0.2) is 0 Å². The van der Waals surface area contributed by atoms with E-state index in [1.165, 1.54) is 31.8 Å². The van der Waals surface area contributed by atoms with Crippen LogP contribution in [0, 0.1) is 6.92 Å². The summed E-state index contributed by atoms with van der Waals surface area (Å²) in [4.78, 5) is 10.9. The summed E-state index contributed by atoms with van der Waals surface area (Å²) < 4.78 is 4.97. The number of allylic oxidation sites excluding steroid dienone is 1. The van der Waals surface area contributed by atoms with Gasteiger partial charge in [-0.2, -0.15) is 0 Å². The molecule has 0 aliphatic carbocycles. The molecule has 0 rings (SSSR count). The number of carbonyl (C=O) groups is 1. The summed E-state index contributed by atoms with van der Waals surface area (Å²) in [5, 5.41) is 0. The van der Waals surface area contributed by atoms with E-state index in [1.807, 2.05) is 6.92 Å². The second kappa shape index (κ2) is 11.3. The highest BCUT2D eigenvalue weighted by atomic mass is 16.5. The molecule has 0 aromatic heterocycles. The first-order valence-corrected chi connectivity index (χ1v) is 5.90. The quantitative estimate of drug-likeness (QED) is 0.330. The lowest BCUT2D eigenvalue weighted by Crippen LogP contribution is -2.01. The van der Waals surface area contributed by atoms with E-state index in [9.17, 15) is 4.79 Å². The van der Waals surface area contributed by atoms with Crippen LogP contribution in [0.15, 0.2) is 12.2 Å². The molecule has 0 aromatic carbocycles. The highest BCUT2D eigenvalue weighted by Gasteiger charge is 1.95. The Hall–Kier alpha value is -0.790. The molecule has 0 saturated carbocycles. The Balaban J connectivity index is 3.08. The van der Waals surface area contributed by atoms with E-state index >= 15 is 0 Å². The number of carbonyl (C=O) groups excluding carboxylic acids is 1. The molecular formula is C13H23O2. The molecule has 0 unspecified atom stereocenters. The maximum Gasteiger partial charge on any atom is 0.330 e. The SMILES string of the molecule is [CH2]CCCCCCCCOC(=O)C=CC. The van der Waals surface area contributed by atoms with E-state index < -0.39 is 0 Å². The molecule has 2 nitrogen and oxygen atoms in total. The van der Waals surface area contributed by atoms with E-state index in [-0.39, 0.29) is 5.97 Å². The fraction of sp³-hybridized carbons (Fsp3) is 0.692. The molecule has 0 aliphatic rings. The third-order valence-corrected chi connectivity index (χ3v) is 2.19. The first-order chi connectivity index (χ1) is 7.31. The van der Waals surface area contributed by atoms with Crippen molar-refractivity contribution in [3.8, 4) is 0 Å². The van der Waals surface area contributed by atoms with Gasteiger partial charge < -0.3 is 4.74 Å². The van der Waals surface area contributed by atoms with Crippen LogP contribution in [0.3, 0.4) is 0 Å². The first kappa shape index (κ1) is 14.2. The van der Waals surface area contributed by atoms with E-state index in [0.717, 1.165) is 19.3 Å². The summed E-state index contributed by atoms with van der Waals surface area (Å²) >= 11 is 0. The van der Waals surface area contributed by atoms with E-state index in [0.29, 0.717) is 6.61 Å². The number of ether oxygens (including phenoxy) is 1. The van der Waals surface area contributed by atoms with Gasteiger partial charge in [-0.25, -0.2) is 4.79 Å². The molecule has 0 spiro atoms. The summed E-state index contributed by atoms with van der Waals surface area (Å²) in [5.74, 6) is -0.227. The minimum absolute atomic E-state index is 0.227. The average molecular weight is 211 g/mol. The van der Waals surface area contributed by atoms with Crippen LogP contribution in [0.2, 0.25) is 0 Å². The standard InChI is InChI=1S/C13H23O2/c1-3-5-6-7-8-9-10-12-15-13(14)11-4-2/h4,11H,1,3,5-10,12H2,2H3. The Morgan fingerprint density at radius 3 is 2.33 bits per heavy atom. The van der Waals surface area contributed by atoms with Crippen molar-refractivity contribution in [2.75, 3.05) is 6.61 Å². The maximum atomic E-state index is 10.9. The molecule has 0 bridgehead atoms. The van der Waals surface area contributed by atoms with Crippen LogP contribution in [0.4, 0.5) is 0 Å². The van der Waals surface area contributed by atoms with Crippen molar-refractivity contribution >= 4 is 5.97 Å². The molecule has 0 aliphatic heterocycles. The van der Waals surface area contributed by atoms with Crippen LogP contribution >= 0.6 is 0 Å². The van der Waals surface area contributed by atoms with Crippen LogP contribution in [-0.4, -0.2) is 12.6 Å². The van der Waals surface area contributed by atoms with Gasteiger partial charge in [0.1, 0.15) is 0 Å². The zero-order chi connectivity index (χ0) is 11.4. The number of rotatable bonds is 9. The van der Waals surface area contributed by atoms with Crippen LogP contribution in [0.25, 0.3) is 0 Å². The van der Waals surface area contributed by atoms with Crippen LogP contribution < -0.4 is 0 Å². The Morgan fingerprint density at radius 2 is 1.73 bits per heavy atom. The number of unbranched alkanes of at least 4 members (excludes halogenated alkanes) is 6. The molecule has 0 amide bonds. The van der Waals surface area contributed by atoms with Gasteiger partial charge in [-0.3, -0.25) is 0 Å². The largest absolute Gasteiger partial charge is 0.463 e. The lowest BCUT2D eigenvalue weighted by atomic mass is 10.1. The maximum absolute atomic E-state index is 10.9. The van der Waals surface area contributed by atoms with Crippen LogP contribution in [0.5, 0.6) is 0 Å². The summed E-state index contributed by atoms with van der Waals surface area (Å²) in [6.45, 7) is 6.17. The van der Waals surface area contributed by atoms with Crippen molar-refractivity contribution in [2.24, 2.45) is 0 Å². The van der Waals surface area contributed by atoms with E-state index in [2.05, 4.69) is 6.92 Å². The minimum Gasteiger partial charge on any atom is -0.463 e. The molecule has 0 heterocycles. The highest BCUT2D eigenvalue weighted by Crippen LogP contribution is 2.06. The van der Waals surface area contributed by atoms with Gasteiger partial charge in [-0.05, 0) is 13.3 Å². The van der Waals surface area contributed by atoms with Crippen LogP contribution in [0.1, 0.15) is 51.9 Å². The van der Waals surface area contributed by atoms with Crippen molar-refractivity contribution in [3.05, 3.63) is 19.1 Å². The predicted molar refractivity (Wildman–Crippen MR) is 63.4 cm³/mol. The average Bonchev–Trinajstić information content (AvgIpc) is 2.22. The number of hydrogen-bond donors (Lipinski definition) is 0. The molecule has 0 N–H and O–H groups in total. The normalized spacial score (nSPS) is 10.8. The minimum atomic E-state index is -0.227. The highest BCUT2D eigenvalue weighted by molar-refractivity contribution is 5.81. The van der Waals surface area contributed by atoms with Gasteiger partial charge in [0.05, 0.1) is 6.61 Å². The molecule has 0 atom stereocenters. The monoisotopic (exact) mass is 211 g/mol. The van der Waals surface area contributed by atoms with Gasteiger partial charge >= 0.3 is 5.97 Å². The van der Waals surface area contributed by atoms with Crippen molar-refractivity contribution in [2.45, 2.75) is 51.9 Å². The Labute approximate surface area is 93.7 Å². The number of hydrogen-bond acceptors (Lipinski definition) is 2. The molecular weight excluding hydrogens is 188 g/mol. The number of esters is 1. The van der Waals surface area contributed by atoms with Crippen LogP contribution in [-0.2, 0) is 9.53 Å². The molecule has 15 heavy (non-hydrogen) atoms. The molecule has 0 aromatic rings. The predicted octanol–water partition coefficient (Wildman–Crippen LogP) is 3.67. The molecule has 0 fully saturated rings. The van der Waals surface area contributed by atoms with Crippen molar-refractivity contribution in [1.82, 2.24) is 0 Å². The zero-order valence-electron chi connectivity index (χ0n) is 9.84. The van der Waals surface area contributed by atoms with Gasteiger partial charge in [0.2, 0.25) is 0 Å². The lowest BCUT2D eigenvalue weighted by molar-refractivity contribution is -0.137. The molecule has 87 valence electrons. The first-order valence-electron chi connectivity index (χ1n) is 5.90. The second-order valence-electron chi connectivity index (χ2n) is 3.64. The fourth-order valence-corrected chi connectivity index (χ4v) is 1.34. The Kier molecular flexibility index (Phi) is 10.7. The summed E-state index contributed by atoms with van der Waals surface area (Å²) in [5.41, 5.74) is 0. The Morgan fingerprint density at radius 1 is 1.13 bits per heavy atom. The molecule has 1 radical (unpaired) electrons. The van der Waals surface area contributed by atoms with Gasteiger partial charge in [-0.1, -0.05) is 51.5 Å². The van der Waals surface area contributed by atoms with E-state index in [4.69, 9.17) is 4.74 Å². The molecule has 0 saturated heterocycles. The molecule has 2 heteroatoms. The summed E-state index contributed by atoms with van der Waals surface area (Å²) in [6.07, 6.45) is 11.3. The zero-order valence-corrected chi connectivity index (χ0v) is 9.84. The van der Waals surface area contributed by atoms with Crippen molar-refractivity contribution in [1.29, 1.82) is 0 Å². The van der Waals surface area contributed by atoms with E-state index in [1.54, 1.807) is 6.08 Å². The topological polar surface area (TPSA) is 26.3 Å². The van der Waals surface area contributed by atoms with Gasteiger partial charge in [0, 0.05) is 6.08 Å². The second-order valence-corrected chi connectivity index (χ2v) is 3.64.